The van der Waals surface area contributed by atoms with E-state index in [4.69, 9.17) is 5.11 Å². The summed E-state index contributed by atoms with van der Waals surface area (Å²) in [4.78, 5) is 52.6. The predicted octanol–water partition coefficient (Wildman–Crippen LogP) is 1.57. The number of amides is 1. The number of likely N-dealkylation sites (tertiary alicyclic amines) is 1. The number of aliphatic carboxylic acids is 1. The number of rotatable bonds is 5. The zero-order chi connectivity index (χ0) is 19.6. The summed E-state index contributed by atoms with van der Waals surface area (Å²) in [5.74, 6) is -1.07. The molecule has 3 rings (SSSR count). The molecule has 0 saturated carbocycles. The van der Waals surface area contributed by atoms with Crippen LogP contribution in [-0.4, -0.2) is 44.0 Å². The van der Waals surface area contributed by atoms with Gasteiger partial charge in [0.05, 0.1) is 10.9 Å². The number of nitrogens with zero attached hydrogens (tertiary/aromatic N) is 2. The average molecular weight is 373 g/mol. The fraction of sp³-hybridized carbons (Fsp3) is 0.474. The Morgan fingerprint density at radius 3 is 2.74 bits per heavy atom. The van der Waals surface area contributed by atoms with Gasteiger partial charge < -0.3 is 15.0 Å². The van der Waals surface area contributed by atoms with Crippen LogP contribution >= 0.6 is 0 Å². The standard InChI is InChI=1S/C19H23N3O5/c1-2-21-18(26)14-8-6-12(11-15(14)20-19(21)27)17(25)22-10-4-3-5-13(22)7-9-16(23)24/h6,8,11,13H,2-5,7,9-10H2,1H3,(H,20,27)(H,23,24). The third kappa shape index (κ3) is 3.79. The van der Waals surface area contributed by atoms with Crippen LogP contribution in [0.5, 0.6) is 0 Å². The van der Waals surface area contributed by atoms with Gasteiger partial charge in [-0.2, -0.15) is 0 Å². The normalized spacial score (nSPS) is 17.2. The number of carboxylic acid groups (broad SMARTS) is 1. The van der Waals surface area contributed by atoms with Crippen molar-refractivity contribution in [2.75, 3.05) is 6.54 Å². The average Bonchev–Trinajstić information content (AvgIpc) is 2.66. The lowest BCUT2D eigenvalue weighted by Crippen LogP contribution is -2.44. The van der Waals surface area contributed by atoms with Crippen molar-refractivity contribution in [3.05, 3.63) is 44.6 Å². The minimum atomic E-state index is -0.872. The highest BCUT2D eigenvalue weighted by molar-refractivity contribution is 5.97. The van der Waals surface area contributed by atoms with Crippen molar-refractivity contribution in [3.8, 4) is 0 Å². The summed E-state index contributed by atoms with van der Waals surface area (Å²) in [6.45, 7) is 2.56. The van der Waals surface area contributed by atoms with Crippen molar-refractivity contribution in [1.82, 2.24) is 14.5 Å². The highest BCUT2D eigenvalue weighted by Crippen LogP contribution is 2.23. The first kappa shape index (κ1) is 18.9. The monoisotopic (exact) mass is 373 g/mol. The number of hydrogen-bond acceptors (Lipinski definition) is 4. The molecule has 8 nitrogen and oxygen atoms in total. The van der Waals surface area contributed by atoms with Crippen LogP contribution in [0.3, 0.4) is 0 Å². The van der Waals surface area contributed by atoms with Crippen molar-refractivity contribution >= 4 is 22.8 Å². The number of hydrogen-bond donors (Lipinski definition) is 2. The second-order valence-corrected chi connectivity index (χ2v) is 6.82. The molecule has 2 N–H and O–H groups in total. The number of carboxylic acids is 1. The third-order valence-corrected chi connectivity index (χ3v) is 5.12. The van der Waals surface area contributed by atoms with Crippen LogP contribution in [-0.2, 0) is 11.3 Å². The molecule has 2 heterocycles. The molecular weight excluding hydrogens is 350 g/mol. The first-order valence-electron chi connectivity index (χ1n) is 9.22. The highest BCUT2D eigenvalue weighted by atomic mass is 16.4. The molecule has 0 aliphatic carbocycles. The van der Waals surface area contributed by atoms with Gasteiger partial charge in [0.1, 0.15) is 0 Å². The SMILES string of the molecule is CCn1c(=O)[nH]c2cc(C(=O)N3CCCCC3CCC(=O)O)ccc2c1=O. The number of H-pyrrole nitrogens is 1. The van der Waals surface area contributed by atoms with Crippen LogP contribution in [0.2, 0.25) is 0 Å². The molecule has 0 spiro atoms. The number of piperidine rings is 1. The molecule has 1 aromatic carbocycles. The molecule has 1 aliphatic heterocycles. The Hall–Kier alpha value is -2.90. The molecule has 1 saturated heterocycles. The van der Waals surface area contributed by atoms with E-state index in [1.165, 1.54) is 6.07 Å². The summed E-state index contributed by atoms with van der Waals surface area (Å²) in [5.41, 5.74) is -0.168. The van der Waals surface area contributed by atoms with Crippen molar-refractivity contribution in [2.45, 2.75) is 51.6 Å². The molecule has 0 bridgehead atoms. The van der Waals surface area contributed by atoms with E-state index < -0.39 is 11.7 Å². The number of carbonyl (C=O) groups is 2. The number of fused-ring (bicyclic) bond motifs is 1. The molecule has 1 amide bonds. The smallest absolute Gasteiger partial charge is 0.328 e. The van der Waals surface area contributed by atoms with E-state index in [1.54, 1.807) is 24.0 Å². The van der Waals surface area contributed by atoms with E-state index in [1.807, 2.05) is 0 Å². The van der Waals surface area contributed by atoms with Crippen LogP contribution in [0.15, 0.2) is 27.8 Å². The molecule has 27 heavy (non-hydrogen) atoms. The Morgan fingerprint density at radius 1 is 1.26 bits per heavy atom. The lowest BCUT2D eigenvalue weighted by Gasteiger charge is -2.35. The summed E-state index contributed by atoms with van der Waals surface area (Å²) >= 11 is 0. The first-order chi connectivity index (χ1) is 12.9. The van der Waals surface area contributed by atoms with Crippen LogP contribution in [0.1, 0.15) is 49.4 Å². The van der Waals surface area contributed by atoms with Gasteiger partial charge in [0.15, 0.2) is 0 Å². The third-order valence-electron chi connectivity index (χ3n) is 5.12. The fourth-order valence-corrected chi connectivity index (χ4v) is 3.70. The van der Waals surface area contributed by atoms with Gasteiger partial charge in [0.2, 0.25) is 0 Å². The van der Waals surface area contributed by atoms with Crippen molar-refractivity contribution in [2.24, 2.45) is 0 Å². The molecule has 1 aromatic heterocycles. The molecule has 1 aliphatic rings. The van der Waals surface area contributed by atoms with Gasteiger partial charge in [-0.3, -0.25) is 19.0 Å². The first-order valence-corrected chi connectivity index (χ1v) is 9.22. The highest BCUT2D eigenvalue weighted by Gasteiger charge is 2.28. The summed E-state index contributed by atoms with van der Waals surface area (Å²) in [6.07, 6.45) is 3.07. The summed E-state index contributed by atoms with van der Waals surface area (Å²) in [7, 11) is 0. The second kappa shape index (κ2) is 7.77. The van der Waals surface area contributed by atoms with E-state index in [2.05, 4.69) is 4.98 Å². The fourth-order valence-electron chi connectivity index (χ4n) is 3.70. The van der Waals surface area contributed by atoms with E-state index in [0.717, 1.165) is 23.8 Å². The zero-order valence-electron chi connectivity index (χ0n) is 15.2. The van der Waals surface area contributed by atoms with Gasteiger partial charge >= 0.3 is 11.7 Å². The van der Waals surface area contributed by atoms with E-state index >= 15 is 0 Å². The maximum atomic E-state index is 13.0. The predicted molar refractivity (Wildman–Crippen MR) is 100 cm³/mol. The van der Waals surface area contributed by atoms with E-state index in [-0.39, 0.29) is 30.5 Å². The lowest BCUT2D eigenvalue weighted by atomic mass is 9.96. The Bertz CT molecular complexity index is 991. The molecule has 8 heteroatoms. The Kier molecular flexibility index (Phi) is 5.43. The van der Waals surface area contributed by atoms with Gasteiger partial charge in [-0.15, -0.1) is 0 Å². The second-order valence-electron chi connectivity index (χ2n) is 6.82. The maximum Gasteiger partial charge on any atom is 0.328 e. The van der Waals surface area contributed by atoms with Crippen LogP contribution in [0, 0.1) is 0 Å². The Balaban J connectivity index is 1.93. The molecule has 144 valence electrons. The van der Waals surface area contributed by atoms with Crippen LogP contribution in [0.4, 0.5) is 0 Å². The quantitative estimate of drug-likeness (QED) is 0.826. The van der Waals surface area contributed by atoms with Gasteiger partial charge in [0.25, 0.3) is 11.5 Å². The lowest BCUT2D eigenvalue weighted by molar-refractivity contribution is -0.137. The molecule has 1 unspecified atom stereocenters. The molecule has 0 radical (unpaired) electrons. The topological polar surface area (TPSA) is 112 Å². The number of aromatic nitrogens is 2. The van der Waals surface area contributed by atoms with E-state index in [9.17, 15) is 19.2 Å². The molecular formula is C19H23N3O5. The Morgan fingerprint density at radius 2 is 2.04 bits per heavy atom. The Labute approximate surface area is 155 Å². The number of carbonyl (C=O) groups excluding carboxylic acids is 1. The largest absolute Gasteiger partial charge is 0.481 e. The van der Waals surface area contributed by atoms with Gasteiger partial charge in [-0.25, -0.2) is 4.79 Å². The van der Waals surface area contributed by atoms with Crippen molar-refractivity contribution in [3.63, 3.8) is 0 Å². The van der Waals surface area contributed by atoms with Gasteiger partial charge in [-0.05, 0) is 50.8 Å². The van der Waals surface area contributed by atoms with E-state index in [0.29, 0.717) is 29.4 Å². The van der Waals surface area contributed by atoms with Crippen molar-refractivity contribution < 1.29 is 14.7 Å². The zero-order valence-corrected chi connectivity index (χ0v) is 15.2. The summed E-state index contributed by atoms with van der Waals surface area (Å²) in [6, 6.07) is 4.57. The summed E-state index contributed by atoms with van der Waals surface area (Å²) in [5, 5.41) is 9.29. The maximum absolute atomic E-state index is 13.0. The molecule has 1 fully saturated rings. The minimum Gasteiger partial charge on any atom is -0.481 e. The molecule has 1 atom stereocenters. The van der Waals surface area contributed by atoms with Crippen LogP contribution < -0.4 is 11.2 Å². The summed E-state index contributed by atoms with van der Waals surface area (Å²) < 4.78 is 1.11. The number of aromatic amines is 1. The molecule has 2 aromatic rings. The van der Waals surface area contributed by atoms with Gasteiger partial charge in [0, 0.05) is 31.1 Å². The van der Waals surface area contributed by atoms with Gasteiger partial charge in [-0.1, -0.05) is 0 Å². The number of nitrogens with one attached hydrogen (secondary N) is 1. The number of benzene rings is 1. The van der Waals surface area contributed by atoms with Crippen LogP contribution in [0.25, 0.3) is 10.9 Å². The van der Waals surface area contributed by atoms with Crippen molar-refractivity contribution in [1.29, 1.82) is 0 Å². The minimum absolute atomic E-state index is 0.0239.